The van der Waals surface area contributed by atoms with Crippen LogP contribution in [0.5, 0.6) is 0 Å². The van der Waals surface area contributed by atoms with Crippen molar-refractivity contribution in [2.75, 3.05) is 19.1 Å². The Bertz CT molecular complexity index is 508. The largest absolute Gasteiger partial charge is 0.465 e. The van der Waals surface area contributed by atoms with Gasteiger partial charge in [0.15, 0.2) is 9.84 Å². The maximum absolute atomic E-state index is 11.3. The predicted octanol–water partition coefficient (Wildman–Crippen LogP) is 0.600. The molecule has 0 fully saturated rings. The Balaban J connectivity index is 3.19. The van der Waals surface area contributed by atoms with Gasteiger partial charge in [0.25, 0.3) is 0 Å². The van der Waals surface area contributed by atoms with Gasteiger partial charge in [0.2, 0.25) is 0 Å². The lowest BCUT2D eigenvalue weighted by Crippen LogP contribution is -2.10. The first kappa shape index (κ1) is 12.5. The van der Waals surface area contributed by atoms with Crippen LogP contribution in [0.25, 0.3) is 0 Å². The molecule has 0 aromatic heterocycles. The Labute approximate surface area is 94.1 Å². The van der Waals surface area contributed by atoms with Gasteiger partial charge in [-0.25, -0.2) is 13.2 Å². The van der Waals surface area contributed by atoms with Crippen LogP contribution >= 0.6 is 0 Å². The first-order chi connectivity index (χ1) is 7.35. The van der Waals surface area contributed by atoms with Crippen LogP contribution in [0.2, 0.25) is 0 Å². The summed E-state index contributed by atoms with van der Waals surface area (Å²) in [5.74, 6) is -0.767. The van der Waals surface area contributed by atoms with E-state index in [2.05, 4.69) is 4.74 Å². The topological polar surface area (TPSA) is 86.5 Å². The molecule has 16 heavy (non-hydrogen) atoms. The first-order valence-corrected chi connectivity index (χ1v) is 6.54. The molecule has 0 saturated heterocycles. The van der Waals surface area contributed by atoms with Gasteiger partial charge in [-0.1, -0.05) is 12.1 Å². The molecule has 0 radical (unpaired) electrons. The molecule has 0 aliphatic rings. The lowest BCUT2D eigenvalue weighted by atomic mass is 10.1. The van der Waals surface area contributed by atoms with Crippen molar-refractivity contribution < 1.29 is 17.9 Å². The third-order valence-electron chi connectivity index (χ3n) is 2.02. The maximum atomic E-state index is 11.3. The lowest BCUT2D eigenvalue weighted by Gasteiger charge is -2.08. The van der Waals surface area contributed by atoms with Gasteiger partial charge in [0.05, 0.1) is 24.1 Å². The van der Waals surface area contributed by atoms with E-state index < -0.39 is 15.8 Å². The molecule has 1 rings (SSSR count). The smallest absolute Gasteiger partial charge is 0.339 e. The fourth-order valence-electron chi connectivity index (χ4n) is 1.31. The molecule has 1 aromatic carbocycles. The van der Waals surface area contributed by atoms with Crippen LogP contribution in [0.1, 0.15) is 15.9 Å². The Hall–Kier alpha value is -1.56. The molecular formula is C10H13NO4S. The molecule has 0 heterocycles. The van der Waals surface area contributed by atoms with Crippen LogP contribution in [0.3, 0.4) is 0 Å². The van der Waals surface area contributed by atoms with E-state index in [1.165, 1.54) is 13.2 Å². The third kappa shape index (κ3) is 2.96. The van der Waals surface area contributed by atoms with Gasteiger partial charge in [-0.05, 0) is 11.6 Å². The van der Waals surface area contributed by atoms with E-state index in [1.54, 1.807) is 12.1 Å². The lowest BCUT2D eigenvalue weighted by molar-refractivity contribution is 0.0602. The summed E-state index contributed by atoms with van der Waals surface area (Å²) in [4.78, 5) is 11.3. The Morgan fingerprint density at radius 1 is 1.44 bits per heavy atom. The fourth-order valence-corrected chi connectivity index (χ4v) is 2.13. The number of para-hydroxylation sites is 1. The van der Waals surface area contributed by atoms with Crippen molar-refractivity contribution in [2.24, 2.45) is 0 Å². The Morgan fingerprint density at radius 2 is 2.06 bits per heavy atom. The minimum absolute atomic E-state index is 0.153. The van der Waals surface area contributed by atoms with Crippen molar-refractivity contribution in [2.45, 2.75) is 5.75 Å². The third-order valence-corrected chi connectivity index (χ3v) is 2.85. The summed E-state index contributed by atoms with van der Waals surface area (Å²) < 4.78 is 26.8. The molecule has 5 nitrogen and oxygen atoms in total. The van der Waals surface area contributed by atoms with Crippen molar-refractivity contribution in [3.05, 3.63) is 29.3 Å². The molecule has 0 saturated carbocycles. The highest BCUT2D eigenvalue weighted by Crippen LogP contribution is 2.20. The van der Waals surface area contributed by atoms with E-state index in [9.17, 15) is 13.2 Å². The number of benzene rings is 1. The number of sulfone groups is 1. The van der Waals surface area contributed by atoms with E-state index in [-0.39, 0.29) is 17.0 Å². The SMILES string of the molecule is COC(=O)c1cccc(CS(C)(=O)=O)c1N. The molecule has 0 bridgehead atoms. The number of carbonyl (C=O) groups excluding carboxylic acids is 1. The quantitative estimate of drug-likeness (QED) is 0.620. The number of rotatable bonds is 3. The van der Waals surface area contributed by atoms with Crippen molar-refractivity contribution in [3.8, 4) is 0 Å². The van der Waals surface area contributed by atoms with Crippen LogP contribution in [0.15, 0.2) is 18.2 Å². The normalized spacial score (nSPS) is 11.1. The Morgan fingerprint density at radius 3 is 2.56 bits per heavy atom. The minimum atomic E-state index is -3.18. The molecule has 0 unspecified atom stereocenters. The van der Waals surface area contributed by atoms with Gasteiger partial charge in [0, 0.05) is 6.26 Å². The van der Waals surface area contributed by atoms with Gasteiger partial charge in [-0.2, -0.15) is 0 Å². The van der Waals surface area contributed by atoms with Gasteiger partial charge in [0.1, 0.15) is 0 Å². The summed E-state index contributed by atoms with van der Waals surface area (Å²) in [6, 6.07) is 4.64. The van der Waals surface area contributed by atoms with Crippen molar-refractivity contribution in [1.29, 1.82) is 0 Å². The van der Waals surface area contributed by atoms with Crippen LogP contribution in [-0.4, -0.2) is 27.8 Å². The molecule has 0 amide bonds. The van der Waals surface area contributed by atoms with Crippen LogP contribution in [0, 0.1) is 0 Å². The molecule has 88 valence electrons. The van der Waals surface area contributed by atoms with Crippen LogP contribution in [0.4, 0.5) is 5.69 Å². The van der Waals surface area contributed by atoms with E-state index in [1.807, 2.05) is 0 Å². The van der Waals surface area contributed by atoms with Gasteiger partial charge in [-0.15, -0.1) is 0 Å². The summed E-state index contributed by atoms with van der Waals surface area (Å²) in [5.41, 5.74) is 6.45. The Kier molecular flexibility index (Phi) is 3.54. The second-order valence-corrected chi connectivity index (χ2v) is 5.58. The fraction of sp³-hybridized carbons (Fsp3) is 0.300. The zero-order chi connectivity index (χ0) is 12.3. The van der Waals surface area contributed by atoms with Crippen molar-refractivity contribution in [3.63, 3.8) is 0 Å². The minimum Gasteiger partial charge on any atom is -0.465 e. The molecule has 0 aliphatic heterocycles. The molecule has 2 N–H and O–H groups in total. The summed E-state index contributed by atoms with van der Waals surface area (Å²) in [5, 5.41) is 0. The van der Waals surface area contributed by atoms with Crippen LogP contribution < -0.4 is 5.73 Å². The standard InChI is InChI=1S/C10H13NO4S/c1-15-10(12)8-5-3-4-7(9(8)11)6-16(2,13)14/h3-5H,6,11H2,1-2H3. The molecule has 6 heteroatoms. The van der Waals surface area contributed by atoms with E-state index >= 15 is 0 Å². The van der Waals surface area contributed by atoms with E-state index in [0.717, 1.165) is 6.26 Å². The highest BCUT2D eigenvalue weighted by molar-refractivity contribution is 7.89. The highest BCUT2D eigenvalue weighted by atomic mass is 32.2. The number of methoxy groups -OCH3 is 1. The predicted molar refractivity (Wildman–Crippen MR) is 60.7 cm³/mol. The van der Waals surface area contributed by atoms with Gasteiger partial charge in [-0.3, -0.25) is 0 Å². The van der Waals surface area contributed by atoms with Crippen molar-refractivity contribution >= 4 is 21.5 Å². The number of ether oxygens (including phenoxy) is 1. The number of hydrogen-bond acceptors (Lipinski definition) is 5. The monoisotopic (exact) mass is 243 g/mol. The summed E-state index contributed by atoms with van der Waals surface area (Å²) >= 11 is 0. The average Bonchev–Trinajstić information content (AvgIpc) is 2.18. The van der Waals surface area contributed by atoms with Crippen LogP contribution in [-0.2, 0) is 20.3 Å². The zero-order valence-corrected chi connectivity index (χ0v) is 9.87. The average molecular weight is 243 g/mol. The summed E-state index contributed by atoms with van der Waals surface area (Å²) in [6.07, 6.45) is 1.11. The molecule has 0 spiro atoms. The zero-order valence-electron chi connectivity index (χ0n) is 9.06. The number of anilines is 1. The maximum Gasteiger partial charge on any atom is 0.339 e. The second kappa shape index (κ2) is 4.52. The first-order valence-electron chi connectivity index (χ1n) is 4.48. The summed E-state index contributed by atoms with van der Waals surface area (Å²) in [7, 11) is -1.94. The van der Waals surface area contributed by atoms with Gasteiger partial charge >= 0.3 is 5.97 Å². The molecule has 0 aliphatic carbocycles. The molecule has 1 aromatic rings. The summed E-state index contributed by atoms with van der Waals surface area (Å²) in [6.45, 7) is 0. The van der Waals surface area contributed by atoms with E-state index in [4.69, 9.17) is 5.73 Å². The number of hydrogen-bond donors (Lipinski definition) is 1. The number of carbonyl (C=O) groups is 1. The number of esters is 1. The van der Waals surface area contributed by atoms with Crippen molar-refractivity contribution in [1.82, 2.24) is 0 Å². The molecular weight excluding hydrogens is 230 g/mol. The highest BCUT2D eigenvalue weighted by Gasteiger charge is 2.15. The number of nitrogens with two attached hydrogens (primary N) is 1. The number of nitrogen functional groups attached to an aromatic ring is 1. The molecule has 0 atom stereocenters. The second-order valence-electron chi connectivity index (χ2n) is 3.44. The van der Waals surface area contributed by atoms with Gasteiger partial charge < -0.3 is 10.5 Å². The van der Waals surface area contributed by atoms with E-state index in [0.29, 0.717) is 5.56 Å².